The Morgan fingerprint density at radius 3 is 2.50 bits per heavy atom. The van der Waals surface area contributed by atoms with Crippen molar-refractivity contribution in [2.45, 2.75) is 25.5 Å². The predicted octanol–water partition coefficient (Wildman–Crippen LogP) is 3.61. The Kier molecular flexibility index (Phi) is 7.41. The fourth-order valence-corrected chi connectivity index (χ4v) is 3.18. The number of allylic oxidation sites excluding steroid dienone is 5. The maximum Gasteiger partial charge on any atom is 0.286 e. The second-order valence-corrected chi connectivity index (χ2v) is 6.77. The number of rotatable bonds is 8. The molecule has 0 bridgehead atoms. The molecule has 2 amide bonds. The number of carbonyl (C=O) groups is 3. The number of hydrogen-bond donors (Lipinski definition) is 1. The summed E-state index contributed by atoms with van der Waals surface area (Å²) < 4.78 is 5.55. The highest BCUT2D eigenvalue weighted by Crippen LogP contribution is 2.23. The molecule has 1 N–H and O–H groups in total. The van der Waals surface area contributed by atoms with E-state index in [1.54, 1.807) is 24.3 Å². The van der Waals surface area contributed by atoms with Gasteiger partial charge in [0.15, 0.2) is 12.4 Å². The molecular formula is C20H21NO4S. The zero-order valence-corrected chi connectivity index (χ0v) is 15.5. The molecule has 1 aromatic carbocycles. The summed E-state index contributed by atoms with van der Waals surface area (Å²) in [5.74, 6) is 0.214. The fraction of sp³-hybridized carbons (Fsp3) is 0.250. The molecule has 0 spiro atoms. The molecule has 1 fully saturated rings. The fourth-order valence-electron chi connectivity index (χ4n) is 2.32. The van der Waals surface area contributed by atoms with Crippen LogP contribution in [0.4, 0.5) is 4.79 Å². The molecule has 26 heavy (non-hydrogen) atoms. The summed E-state index contributed by atoms with van der Waals surface area (Å²) in [6.45, 7) is 3.69. The molecule has 1 aromatic rings. The van der Waals surface area contributed by atoms with Crippen LogP contribution < -0.4 is 10.1 Å². The Hall–Kier alpha value is -2.60. The Balaban J connectivity index is 1.91. The lowest BCUT2D eigenvalue weighted by atomic mass is 10.1. The molecule has 1 aliphatic heterocycles. The minimum absolute atomic E-state index is 0.0531. The molecular weight excluding hydrogens is 350 g/mol. The van der Waals surface area contributed by atoms with Crippen LogP contribution in [0.5, 0.6) is 5.75 Å². The highest BCUT2D eigenvalue weighted by Gasteiger charge is 2.31. The minimum atomic E-state index is -0.393. The number of ketones is 1. The number of benzene rings is 1. The van der Waals surface area contributed by atoms with Gasteiger partial charge in [-0.2, -0.15) is 0 Å². The largest absolute Gasteiger partial charge is 0.485 e. The van der Waals surface area contributed by atoms with Gasteiger partial charge in [0.1, 0.15) is 5.75 Å². The molecule has 1 unspecified atom stereocenters. The summed E-state index contributed by atoms with van der Waals surface area (Å²) in [4.78, 5) is 35.0. The van der Waals surface area contributed by atoms with Gasteiger partial charge in [-0.25, -0.2) is 0 Å². The summed E-state index contributed by atoms with van der Waals surface area (Å²) in [5.41, 5.74) is 1.50. The van der Waals surface area contributed by atoms with Crippen LogP contribution in [0.2, 0.25) is 0 Å². The maximum atomic E-state index is 12.2. The van der Waals surface area contributed by atoms with Crippen LogP contribution in [0.25, 0.3) is 0 Å². The van der Waals surface area contributed by atoms with Crippen molar-refractivity contribution < 1.29 is 19.1 Å². The standard InChI is InChI=1S/C20H21NO4S/c1-3-5-7-15(6-4-2)17(22)13-25-16-10-8-14(9-11-16)12-18-19(23)21-20(24)26-18/h3-11,18H,12-13H2,1-2H3,(H,21,23,24)/b5-3-,6-4-,15-7+. The van der Waals surface area contributed by atoms with Crippen molar-refractivity contribution in [2.75, 3.05) is 6.61 Å². The predicted molar refractivity (Wildman–Crippen MR) is 103 cm³/mol. The van der Waals surface area contributed by atoms with E-state index in [4.69, 9.17) is 4.74 Å². The summed E-state index contributed by atoms with van der Waals surface area (Å²) >= 11 is 1.01. The summed E-state index contributed by atoms with van der Waals surface area (Å²) in [5, 5.41) is 1.58. The van der Waals surface area contributed by atoms with Crippen molar-refractivity contribution in [3.8, 4) is 5.75 Å². The van der Waals surface area contributed by atoms with Crippen LogP contribution in [0.15, 0.2) is 60.2 Å². The molecule has 0 aromatic heterocycles. The van der Waals surface area contributed by atoms with E-state index >= 15 is 0 Å². The highest BCUT2D eigenvalue weighted by atomic mass is 32.2. The molecule has 0 saturated carbocycles. The molecule has 136 valence electrons. The number of thioether (sulfide) groups is 1. The van der Waals surface area contributed by atoms with Gasteiger partial charge in [0.2, 0.25) is 5.91 Å². The summed E-state index contributed by atoms with van der Waals surface area (Å²) in [7, 11) is 0. The number of nitrogens with one attached hydrogen (secondary N) is 1. The lowest BCUT2D eigenvalue weighted by Crippen LogP contribution is -2.25. The number of carbonyl (C=O) groups excluding carboxylic acids is 3. The molecule has 1 aliphatic rings. The van der Waals surface area contributed by atoms with Crippen LogP contribution in [-0.2, 0) is 16.0 Å². The highest BCUT2D eigenvalue weighted by molar-refractivity contribution is 8.15. The SMILES string of the molecule is C\C=C/C=C(\C=C/C)C(=O)COc1ccc(CC2SC(=O)NC2=O)cc1. The first-order valence-electron chi connectivity index (χ1n) is 8.25. The van der Waals surface area contributed by atoms with E-state index in [0.717, 1.165) is 17.3 Å². The van der Waals surface area contributed by atoms with Crippen LogP contribution in [0, 0.1) is 0 Å². The topological polar surface area (TPSA) is 72.5 Å². The monoisotopic (exact) mass is 371 g/mol. The number of ether oxygens (including phenoxy) is 1. The third kappa shape index (κ3) is 5.74. The van der Waals surface area contributed by atoms with Gasteiger partial charge in [-0.15, -0.1) is 0 Å². The maximum absolute atomic E-state index is 12.2. The Labute approximate surface area is 157 Å². The summed E-state index contributed by atoms with van der Waals surface area (Å²) in [6.07, 6.45) is 9.44. The molecule has 1 heterocycles. The third-order valence-electron chi connectivity index (χ3n) is 3.62. The zero-order chi connectivity index (χ0) is 18.9. The van der Waals surface area contributed by atoms with Gasteiger partial charge in [0.05, 0.1) is 5.25 Å². The molecule has 1 atom stereocenters. The van der Waals surface area contributed by atoms with Gasteiger partial charge in [-0.05, 0) is 38.0 Å². The van der Waals surface area contributed by atoms with Crippen LogP contribution in [-0.4, -0.2) is 28.8 Å². The Bertz CT molecular complexity index is 763. The second kappa shape index (κ2) is 9.77. The van der Waals surface area contributed by atoms with Gasteiger partial charge in [0.25, 0.3) is 5.24 Å². The van der Waals surface area contributed by atoms with Crippen molar-refractivity contribution in [1.82, 2.24) is 5.32 Å². The zero-order valence-electron chi connectivity index (χ0n) is 14.7. The van der Waals surface area contributed by atoms with E-state index in [0.29, 0.717) is 17.7 Å². The molecule has 0 radical (unpaired) electrons. The first-order valence-corrected chi connectivity index (χ1v) is 9.13. The quantitative estimate of drug-likeness (QED) is 0.558. The molecule has 0 aliphatic carbocycles. The minimum Gasteiger partial charge on any atom is -0.485 e. The first-order chi connectivity index (χ1) is 12.5. The average Bonchev–Trinajstić information content (AvgIpc) is 2.94. The third-order valence-corrected chi connectivity index (χ3v) is 4.60. The van der Waals surface area contributed by atoms with Crippen molar-refractivity contribution in [1.29, 1.82) is 0 Å². The van der Waals surface area contributed by atoms with E-state index in [1.165, 1.54) is 0 Å². The van der Waals surface area contributed by atoms with Crippen LogP contribution in [0.3, 0.4) is 0 Å². The first kappa shape index (κ1) is 19.7. The van der Waals surface area contributed by atoms with E-state index in [2.05, 4.69) is 5.32 Å². The average molecular weight is 371 g/mol. The molecule has 2 rings (SSSR count). The van der Waals surface area contributed by atoms with Crippen LogP contribution >= 0.6 is 11.8 Å². The van der Waals surface area contributed by atoms with Crippen molar-refractivity contribution in [2.24, 2.45) is 0 Å². The lowest BCUT2D eigenvalue weighted by molar-refractivity contribution is -0.119. The van der Waals surface area contributed by atoms with E-state index < -0.39 is 5.25 Å². The summed E-state index contributed by atoms with van der Waals surface area (Å²) in [6, 6.07) is 7.18. The number of hydrogen-bond acceptors (Lipinski definition) is 5. The normalized spacial score (nSPS) is 17.9. The van der Waals surface area contributed by atoms with Crippen molar-refractivity contribution in [3.63, 3.8) is 0 Å². The number of amides is 2. The Morgan fingerprint density at radius 2 is 1.92 bits per heavy atom. The Morgan fingerprint density at radius 1 is 1.19 bits per heavy atom. The van der Waals surface area contributed by atoms with Crippen LogP contribution in [0.1, 0.15) is 19.4 Å². The van der Waals surface area contributed by atoms with Gasteiger partial charge >= 0.3 is 0 Å². The van der Waals surface area contributed by atoms with E-state index in [1.807, 2.05) is 44.2 Å². The van der Waals surface area contributed by atoms with E-state index in [9.17, 15) is 14.4 Å². The molecule has 5 nitrogen and oxygen atoms in total. The van der Waals surface area contributed by atoms with Crippen molar-refractivity contribution in [3.05, 3.63) is 65.8 Å². The van der Waals surface area contributed by atoms with Gasteiger partial charge in [0, 0.05) is 5.57 Å². The second-order valence-electron chi connectivity index (χ2n) is 5.59. The smallest absolute Gasteiger partial charge is 0.286 e. The van der Waals surface area contributed by atoms with Crippen molar-refractivity contribution >= 4 is 28.7 Å². The van der Waals surface area contributed by atoms with Gasteiger partial charge in [-0.3, -0.25) is 19.7 Å². The number of imide groups is 1. The lowest BCUT2D eigenvalue weighted by Gasteiger charge is -2.08. The molecule has 1 saturated heterocycles. The number of Topliss-reactive ketones (excluding diaryl/α,β-unsaturated/α-hetero) is 1. The molecule has 6 heteroatoms. The van der Waals surface area contributed by atoms with Gasteiger partial charge < -0.3 is 4.74 Å². The van der Waals surface area contributed by atoms with E-state index in [-0.39, 0.29) is 23.5 Å². The van der Waals surface area contributed by atoms with Gasteiger partial charge in [-0.1, -0.05) is 54.3 Å².